The van der Waals surface area contributed by atoms with Crippen LogP contribution in [0.4, 0.5) is 33.5 Å². The molecule has 13 heteroatoms. The molecule has 0 aliphatic carbocycles. The fraction of sp³-hybridized carbons (Fsp3) is 0.364. The number of nitrogens with one attached hydrogen (secondary N) is 2. The van der Waals surface area contributed by atoms with Gasteiger partial charge in [0.1, 0.15) is 11.6 Å². The number of nitrogens with zero attached hydrogens (tertiary/aromatic N) is 4. The van der Waals surface area contributed by atoms with Crippen molar-refractivity contribution in [2.45, 2.75) is 18.3 Å². The molecule has 0 radical (unpaired) electrons. The Kier molecular flexibility index (Phi) is 7.31. The number of aromatic amines is 1. The van der Waals surface area contributed by atoms with Crippen LogP contribution < -0.4 is 15.0 Å². The van der Waals surface area contributed by atoms with Gasteiger partial charge in [0, 0.05) is 68.0 Å². The third-order valence-corrected chi connectivity index (χ3v) is 5.45. The Hall–Kier alpha value is -3.12. The van der Waals surface area contributed by atoms with Crippen molar-refractivity contribution in [2.75, 3.05) is 42.9 Å². The predicted octanol–water partition coefficient (Wildman–Crippen LogP) is 4.94. The van der Waals surface area contributed by atoms with Crippen molar-refractivity contribution >= 4 is 23.1 Å². The number of piperazine rings is 1. The second kappa shape index (κ2) is 10.2. The summed E-state index contributed by atoms with van der Waals surface area (Å²) in [6.07, 6.45) is -0.923. The maximum Gasteiger partial charge on any atom is 0.487 e. The first-order valence-electron chi connectivity index (χ1n) is 10.7. The number of rotatable bonds is 8. The zero-order valence-corrected chi connectivity index (χ0v) is 19.1. The number of alkyl halides is 6. The highest BCUT2D eigenvalue weighted by Crippen LogP contribution is 2.30. The Morgan fingerprint density at radius 1 is 1.03 bits per heavy atom. The Morgan fingerprint density at radius 3 is 2.34 bits per heavy atom. The van der Waals surface area contributed by atoms with Crippen molar-refractivity contribution in [3.05, 3.63) is 54.4 Å². The molecule has 1 aromatic carbocycles. The minimum Gasteiger partial charge on any atom is -0.420 e. The molecule has 2 aromatic heterocycles. The summed E-state index contributed by atoms with van der Waals surface area (Å²) in [5, 5.41) is 10.1. The summed E-state index contributed by atoms with van der Waals surface area (Å²) in [4.78, 5) is 7.95. The zero-order valence-electron chi connectivity index (χ0n) is 18.3. The molecule has 7 nitrogen and oxygen atoms in total. The van der Waals surface area contributed by atoms with Gasteiger partial charge in [-0.2, -0.15) is 18.3 Å². The molecule has 0 atom stereocenters. The van der Waals surface area contributed by atoms with Crippen LogP contribution in [0.5, 0.6) is 5.75 Å². The van der Waals surface area contributed by atoms with Gasteiger partial charge in [-0.3, -0.25) is 10.00 Å². The summed E-state index contributed by atoms with van der Waals surface area (Å²) in [7, 11) is 0. The fourth-order valence-electron chi connectivity index (χ4n) is 3.80. The number of aromatic nitrogens is 3. The van der Waals surface area contributed by atoms with Crippen molar-refractivity contribution in [3.63, 3.8) is 0 Å². The number of pyridine rings is 1. The molecule has 0 saturated carbocycles. The second-order valence-electron chi connectivity index (χ2n) is 7.99. The molecule has 4 rings (SSSR count). The van der Waals surface area contributed by atoms with Gasteiger partial charge in [-0.1, -0.05) is 0 Å². The SMILES string of the molecule is FC(F)(F)CN1CCN(c2ncc(CNc3ccc(OC(F)(F)Cl)cc3)cc2-c2ccn[nH]2)CC1. The summed E-state index contributed by atoms with van der Waals surface area (Å²) in [6, 6.07) is 9.62. The lowest BCUT2D eigenvalue weighted by Gasteiger charge is -2.36. The summed E-state index contributed by atoms with van der Waals surface area (Å²) in [5.41, 5.74) is -0.768. The molecule has 1 fully saturated rings. The summed E-state index contributed by atoms with van der Waals surface area (Å²) >= 11 is 4.77. The van der Waals surface area contributed by atoms with Crippen molar-refractivity contribution in [1.82, 2.24) is 20.1 Å². The highest BCUT2D eigenvalue weighted by Gasteiger charge is 2.32. The lowest BCUT2D eigenvalue weighted by Crippen LogP contribution is -2.49. The van der Waals surface area contributed by atoms with E-state index in [4.69, 9.17) is 11.6 Å². The predicted molar refractivity (Wildman–Crippen MR) is 122 cm³/mol. The van der Waals surface area contributed by atoms with Gasteiger partial charge >= 0.3 is 11.7 Å². The van der Waals surface area contributed by atoms with Crippen LogP contribution in [0.25, 0.3) is 11.3 Å². The molecule has 1 aliphatic rings. The monoisotopic (exact) mass is 516 g/mol. The fourth-order valence-corrected chi connectivity index (χ4v) is 3.89. The van der Waals surface area contributed by atoms with Crippen LogP contribution >= 0.6 is 11.6 Å². The van der Waals surface area contributed by atoms with Crippen LogP contribution in [-0.2, 0) is 6.54 Å². The van der Waals surface area contributed by atoms with E-state index in [-0.39, 0.29) is 18.8 Å². The van der Waals surface area contributed by atoms with E-state index in [9.17, 15) is 22.0 Å². The Morgan fingerprint density at radius 2 is 1.74 bits per heavy atom. The molecule has 2 N–H and O–H groups in total. The van der Waals surface area contributed by atoms with E-state index in [1.54, 1.807) is 30.6 Å². The van der Waals surface area contributed by atoms with Crippen molar-refractivity contribution < 1.29 is 26.7 Å². The lowest BCUT2D eigenvalue weighted by atomic mass is 10.1. The van der Waals surface area contributed by atoms with Crippen LogP contribution in [0.1, 0.15) is 5.56 Å². The average Bonchev–Trinajstić information content (AvgIpc) is 3.32. The smallest absolute Gasteiger partial charge is 0.420 e. The molecule has 3 heterocycles. The first kappa shape index (κ1) is 25.0. The molecule has 0 spiro atoms. The highest BCUT2D eigenvalue weighted by molar-refractivity contribution is 6.20. The molecule has 0 amide bonds. The molecule has 0 unspecified atom stereocenters. The van der Waals surface area contributed by atoms with Crippen LogP contribution in [-0.4, -0.2) is 64.5 Å². The van der Waals surface area contributed by atoms with E-state index in [0.717, 1.165) is 16.8 Å². The Bertz CT molecular complexity index is 1100. The van der Waals surface area contributed by atoms with Gasteiger partial charge in [-0.05, 0) is 42.0 Å². The van der Waals surface area contributed by atoms with Crippen LogP contribution in [0.15, 0.2) is 48.8 Å². The number of hydrogen-bond donors (Lipinski definition) is 2. The van der Waals surface area contributed by atoms with Crippen molar-refractivity contribution in [1.29, 1.82) is 0 Å². The number of H-pyrrole nitrogens is 1. The third-order valence-electron chi connectivity index (χ3n) is 5.37. The lowest BCUT2D eigenvalue weighted by molar-refractivity contribution is -0.146. The maximum atomic E-state index is 12.7. The molecular formula is C22H22ClF5N6O. The third kappa shape index (κ3) is 7.18. The number of benzene rings is 1. The number of halogens is 6. The summed E-state index contributed by atoms with van der Waals surface area (Å²) < 4.78 is 67.9. The van der Waals surface area contributed by atoms with E-state index in [1.807, 2.05) is 11.0 Å². The van der Waals surface area contributed by atoms with Crippen molar-refractivity contribution in [2.24, 2.45) is 0 Å². The van der Waals surface area contributed by atoms with Crippen molar-refractivity contribution in [3.8, 4) is 17.0 Å². The van der Waals surface area contributed by atoms with E-state index in [1.165, 1.54) is 17.0 Å². The molecular weight excluding hydrogens is 495 g/mol. The largest absolute Gasteiger partial charge is 0.487 e. The van der Waals surface area contributed by atoms with Gasteiger partial charge in [0.2, 0.25) is 0 Å². The van der Waals surface area contributed by atoms with Crippen LogP contribution in [0.3, 0.4) is 0 Å². The van der Waals surface area contributed by atoms with Crippen LogP contribution in [0, 0.1) is 0 Å². The van der Waals surface area contributed by atoms with E-state index in [2.05, 4.69) is 25.2 Å². The van der Waals surface area contributed by atoms with E-state index < -0.39 is 18.3 Å². The van der Waals surface area contributed by atoms with Gasteiger partial charge in [-0.25, -0.2) is 4.98 Å². The first-order chi connectivity index (χ1) is 16.6. The molecule has 188 valence electrons. The second-order valence-corrected chi connectivity index (χ2v) is 8.43. The molecule has 3 aromatic rings. The van der Waals surface area contributed by atoms with Gasteiger partial charge in [0.05, 0.1) is 12.2 Å². The van der Waals surface area contributed by atoms with E-state index >= 15 is 0 Å². The van der Waals surface area contributed by atoms with Gasteiger partial charge in [0.25, 0.3) is 0 Å². The minimum atomic E-state index is -4.22. The topological polar surface area (TPSA) is 69.3 Å². The van der Waals surface area contributed by atoms with Gasteiger partial charge in [-0.15, -0.1) is 8.78 Å². The Labute approximate surface area is 202 Å². The highest BCUT2D eigenvalue weighted by atomic mass is 35.5. The minimum absolute atomic E-state index is 0.0709. The maximum absolute atomic E-state index is 12.7. The van der Waals surface area contributed by atoms with Gasteiger partial charge < -0.3 is 15.0 Å². The van der Waals surface area contributed by atoms with E-state index in [0.29, 0.717) is 31.1 Å². The average molecular weight is 517 g/mol. The normalized spacial score (nSPS) is 15.3. The molecule has 35 heavy (non-hydrogen) atoms. The standard InChI is InChI=1S/C22H22ClF5N6O/c23-22(27,28)35-17-3-1-16(2-4-17)29-12-15-11-18(19-5-6-31-32-19)20(30-13-15)34-9-7-33(8-10-34)14-21(24,25)26/h1-6,11,13,29H,7-10,12,14H2,(H,31,32). The summed E-state index contributed by atoms with van der Waals surface area (Å²) in [5.74, 6) is 0.589. The zero-order chi connectivity index (χ0) is 25.1. The first-order valence-corrected chi connectivity index (χ1v) is 11.1. The van der Waals surface area contributed by atoms with Gasteiger partial charge in [0.15, 0.2) is 0 Å². The molecule has 0 bridgehead atoms. The number of anilines is 2. The Balaban J connectivity index is 1.45. The molecule has 1 aliphatic heterocycles. The quantitative estimate of drug-likeness (QED) is 0.327. The van der Waals surface area contributed by atoms with Crippen LogP contribution in [0.2, 0.25) is 0 Å². The number of hydrogen-bond acceptors (Lipinski definition) is 6. The number of ether oxygens (including phenoxy) is 1. The molecule has 1 saturated heterocycles. The summed E-state index contributed by atoms with van der Waals surface area (Å²) in [6.45, 7) is 0.854.